The van der Waals surface area contributed by atoms with Crippen LogP contribution >= 0.6 is 11.3 Å². The van der Waals surface area contributed by atoms with Crippen molar-refractivity contribution in [2.75, 3.05) is 13.1 Å². The van der Waals surface area contributed by atoms with Crippen molar-refractivity contribution in [3.8, 4) is 21.6 Å². The van der Waals surface area contributed by atoms with Gasteiger partial charge in [-0.25, -0.2) is 0 Å². The Morgan fingerprint density at radius 3 is 2.35 bits per heavy atom. The standard InChI is InChI=1S/C26H29N3O4S/c27-24(30)16-28-15-22(11-13-26(32)33)29-25(31)12-8-18-6-9-20(10-7-18)23-14-21(17-34-23)19-4-2-1-3-5-19/h1-7,9-10,14,17,22,28H,8,11-13,15-16H2,(H2,27,30)(H,29,31)(H,32,33). The fourth-order valence-electron chi connectivity index (χ4n) is 3.56. The summed E-state index contributed by atoms with van der Waals surface area (Å²) in [4.78, 5) is 35.4. The molecule has 0 aliphatic rings. The molecular weight excluding hydrogens is 450 g/mol. The van der Waals surface area contributed by atoms with Gasteiger partial charge in [-0.1, -0.05) is 54.6 Å². The Bertz CT molecular complexity index is 1100. The van der Waals surface area contributed by atoms with Crippen LogP contribution in [-0.2, 0) is 20.8 Å². The molecule has 3 rings (SSSR count). The molecule has 2 aromatic carbocycles. The predicted molar refractivity (Wildman–Crippen MR) is 134 cm³/mol. The van der Waals surface area contributed by atoms with Crippen LogP contribution in [0.15, 0.2) is 66.0 Å². The molecule has 7 nitrogen and oxygen atoms in total. The number of carboxylic acid groups (broad SMARTS) is 1. The van der Waals surface area contributed by atoms with Crippen molar-refractivity contribution in [3.05, 3.63) is 71.6 Å². The van der Waals surface area contributed by atoms with Gasteiger partial charge in [0.05, 0.1) is 6.54 Å². The van der Waals surface area contributed by atoms with Crippen LogP contribution in [0.2, 0.25) is 0 Å². The van der Waals surface area contributed by atoms with Crippen molar-refractivity contribution >= 4 is 29.1 Å². The van der Waals surface area contributed by atoms with Crippen molar-refractivity contribution < 1.29 is 19.5 Å². The lowest BCUT2D eigenvalue weighted by Crippen LogP contribution is -2.44. The highest BCUT2D eigenvalue weighted by molar-refractivity contribution is 7.14. The zero-order chi connectivity index (χ0) is 24.3. The van der Waals surface area contributed by atoms with Gasteiger partial charge in [-0.05, 0) is 46.5 Å². The third-order valence-electron chi connectivity index (χ3n) is 5.35. The van der Waals surface area contributed by atoms with E-state index < -0.39 is 11.9 Å². The fraction of sp³-hybridized carbons (Fsp3) is 0.269. The van der Waals surface area contributed by atoms with Crippen LogP contribution in [0.1, 0.15) is 24.8 Å². The van der Waals surface area contributed by atoms with E-state index in [9.17, 15) is 14.4 Å². The lowest BCUT2D eigenvalue weighted by atomic mass is 10.0. The van der Waals surface area contributed by atoms with E-state index in [2.05, 4.69) is 46.3 Å². The van der Waals surface area contributed by atoms with Crippen LogP contribution in [0.3, 0.4) is 0 Å². The second kappa shape index (κ2) is 12.7. The number of rotatable bonds is 13. The molecule has 1 atom stereocenters. The molecule has 0 saturated carbocycles. The van der Waals surface area contributed by atoms with Gasteiger partial charge in [0.15, 0.2) is 0 Å². The molecule has 8 heteroatoms. The normalized spacial score (nSPS) is 11.6. The smallest absolute Gasteiger partial charge is 0.303 e. The molecule has 1 heterocycles. The van der Waals surface area contributed by atoms with Crippen molar-refractivity contribution in [2.24, 2.45) is 5.73 Å². The lowest BCUT2D eigenvalue weighted by Gasteiger charge is -2.18. The number of primary amides is 1. The van der Waals surface area contributed by atoms with E-state index in [1.54, 1.807) is 11.3 Å². The van der Waals surface area contributed by atoms with Gasteiger partial charge in [-0.3, -0.25) is 14.4 Å². The van der Waals surface area contributed by atoms with Crippen LogP contribution in [0, 0.1) is 0 Å². The molecule has 178 valence electrons. The Morgan fingerprint density at radius 1 is 0.941 bits per heavy atom. The summed E-state index contributed by atoms with van der Waals surface area (Å²) in [5.41, 5.74) is 9.68. The number of amides is 2. The maximum absolute atomic E-state index is 12.4. The third-order valence-corrected chi connectivity index (χ3v) is 6.33. The number of aryl methyl sites for hydroxylation is 1. The minimum absolute atomic E-state index is 0.0249. The van der Waals surface area contributed by atoms with Gasteiger partial charge < -0.3 is 21.5 Å². The Kier molecular flexibility index (Phi) is 9.37. The number of carbonyl (C=O) groups is 3. The van der Waals surface area contributed by atoms with E-state index >= 15 is 0 Å². The highest BCUT2D eigenvalue weighted by Gasteiger charge is 2.14. The maximum atomic E-state index is 12.4. The van der Waals surface area contributed by atoms with E-state index in [0.29, 0.717) is 6.42 Å². The number of hydrogen-bond acceptors (Lipinski definition) is 5. The highest BCUT2D eigenvalue weighted by Crippen LogP contribution is 2.32. The highest BCUT2D eigenvalue weighted by atomic mass is 32.1. The Hall–Kier alpha value is -3.49. The Morgan fingerprint density at radius 2 is 1.68 bits per heavy atom. The van der Waals surface area contributed by atoms with E-state index in [0.717, 1.165) is 11.1 Å². The second-order valence-corrected chi connectivity index (χ2v) is 8.97. The molecule has 3 aromatic rings. The summed E-state index contributed by atoms with van der Waals surface area (Å²) in [6.07, 6.45) is 1.06. The first-order valence-corrected chi connectivity index (χ1v) is 12.0. The Balaban J connectivity index is 1.51. The number of carbonyl (C=O) groups excluding carboxylic acids is 2. The van der Waals surface area contributed by atoms with Crippen molar-refractivity contribution in [1.29, 1.82) is 0 Å². The van der Waals surface area contributed by atoms with Gasteiger partial charge in [-0.2, -0.15) is 0 Å². The molecule has 1 aromatic heterocycles. The number of hydrogen-bond donors (Lipinski definition) is 4. The summed E-state index contributed by atoms with van der Waals surface area (Å²) in [6, 6.07) is 20.3. The van der Waals surface area contributed by atoms with Crippen molar-refractivity contribution in [1.82, 2.24) is 10.6 Å². The maximum Gasteiger partial charge on any atom is 0.303 e. The van der Waals surface area contributed by atoms with Crippen molar-refractivity contribution in [2.45, 2.75) is 31.7 Å². The van der Waals surface area contributed by atoms with Crippen LogP contribution < -0.4 is 16.4 Å². The minimum Gasteiger partial charge on any atom is -0.481 e. The van der Waals surface area contributed by atoms with Gasteiger partial charge in [0.25, 0.3) is 0 Å². The lowest BCUT2D eigenvalue weighted by molar-refractivity contribution is -0.137. The summed E-state index contributed by atoms with van der Waals surface area (Å²) < 4.78 is 0. The van der Waals surface area contributed by atoms with Gasteiger partial charge >= 0.3 is 5.97 Å². The number of nitrogens with two attached hydrogens (primary N) is 1. The molecule has 0 fully saturated rings. The zero-order valence-corrected chi connectivity index (χ0v) is 19.6. The SMILES string of the molecule is NC(=O)CNCC(CCC(=O)O)NC(=O)CCc1ccc(-c2cc(-c3ccccc3)cs2)cc1. The molecule has 1 unspecified atom stereocenters. The first kappa shape index (κ1) is 25.1. The monoisotopic (exact) mass is 479 g/mol. The quantitative estimate of drug-likeness (QED) is 0.299. The number of carboxylic acids is 1. The average molecular weight is 480 g/mol. The molecule has 0 spiro atoms. The van der Waals surface area contributed by atoms with E-state index in [-0.39, 0.29) is 44.3 Å². The summed E-state index contributed by atoms with van der Waals surface area (Å²) in [7, 11) is 0. The minimum atomic E-state index is -0.934. The van der Waals surface area contributed by atoms with E-state index in [1.807, 2.05) is 30.3 Å². The second-order valence-electron chi connectivity index (χ2n) is 8.06. The summed E-state index contributed by atoms with van der Waals surface area (Å²) in [6.45, 7) is 0.255. The summed E-state index contributed by atoms with van der Waals surface area (Å²) in [5.74, 6) is -1.60. The van der Waals surface area contributed by atoms with Gasteiger partial charge in [0.2, 0.25) is 11.8 Å². The molecule has 0 aliphatic heterocycles. The van der Waals surface area contributed by atoms with Crippen LogP contribution in [0.4, 0.5) is 0 Å². The molecular formula is C26H29N3O4S. The third kappa shape index (κ3) is 8.13. The molecule has 0 saturated heterocycles. The van der Waals surface area contributed by atoms with Crippen molar-refractivity contribution in [3.63, 3.8) is 0 Å². The molecule has 0 radical (unpaired) electrons. The number of nitrogens with one attached hydrogen (secondary N) is 2. The molecule has 34 heavy (non-hydrogen) atoms. The molecule has 0 aliphatic carbocycles. The Labute approximate surface area is 203 Å². The molecule has 5 N–H and O–H groups in total. The molecule has 2 amide bonds. The zero-order valence-electron chi connectivity index (χ0n) is 18.8. The first-order valence-electron chi connectivity index (χ1n) is 11.1. The summed E-state index contributed by atoms with van der Waals surface area (Å²) >= 11 is 1.70. The fourth-order valence-corrected chi connectivity index (χ4v) is 4.48. The molecule has 0 bridgehead atoms. The number of benzene rings is 2. The van der Waals surface area contributed by atoms with Crippen LogP contribution in [-0.4, -0.2) is 42.0 Å². The number of aliphatic carboxylic acids is 1. The average Bonchev–Trinajstić information content (AvgIpc) is 3.32. The van der Waals surface area contributed by atoms with Gasteiger partial charge in [-0.15, -0.1) is 11.3 Å². The topological polar surface area (TPSA) is 122 Å². The van der Waals surface area contributed by atoms with E-state index in [1.165, 1.54) is 16.0 Å². The van der Waals surface area contributed by atoms with Crippen LogP contribution in [0.5, 0.6) is 0 Å². The van der Waals surface area contributed by atoms with Crippen LogP contribution in [0.25, 0.3) is 21.6 Å². The predicted octanol–water partition coefficient (Wildman–Crippen LogP) is 3.44. The first-order chi connectivity index (χ1) is 16.4. The van der Waals surface area contributed by atoms with E-state index in [4.69, 9.17) is 10.8 Å². The summed E-state index contributed by atoms with van der Waals surface area (Å²) in [5, 5.41) is 16.8. The number of thiophene rings is 1. The largest absolute Gasteiger partial charge is 0.481 e. The van der Waals surface area contributed by atoms with Gasteiger partial charge in [0.1, 0.15) is 0 Å². The van der Waals surface area contributed by atoms with Gasteiger partial charge in [0, 0.05) is 30.3 Å².